The van der Waals surface area contributed by atoms with Gasteiger partial charge in [-0.05, 0) is 25.5 Å². The van der Waals surface area contributed by atoms with Gasteiger partial charge in [0.25, 0.3) is 5.91 Å². The van der Waals surface area contributed by atoms with Crippen LogP contribution in [0, 0.1) is 0 Å². The Kier molecular flexibility index (Phi) is 6.26. The molecule has 1 aromatic rings. The summed E-state index contributed by atoms with van der Waals surface area (Å²) in [7, 11) is -3.83. The summed E-state index contributed by atoms with van der Waals surface area (Å²) in [5, 5.41) is 0.948. The molecule has 0 aliphatic rings. The van der Waals surface area contributed by atoms with Crippen molar-refractivity contribution in [1.82, 2.24) is 4.72 Å². The number of benzene rings is 1. The van der Waals surface area contributed by atoms with Crippen molar-refractivity contribution in [3.05, 3.63) is 41.3 Å². The smallest absolute Gasteiger partial charge is 0.324 e. The van der Waals surface area contributed by atoms with Gasteiger partial charge in [0, 0.05) is 5.41 Å². The highest BCUT2D eigenvalue weighted by Crippen LogP contribution is 2.04. The number of primary amides is 1. The standard InChI is InChI=1S/C14H18N2O5S/c1-10(14(18)21-11(2)13(15)17)16-22(19,20)9-8-12-6-4-3-5-7-12/h3-11,16H,1-2H3,(H2,15,17)/b9-8+/t10-,11+/m0/s1. The Morgan fingerprint density at radius 3 is 2.36 bits per heavy atom. The number of esters is 1. The highest BCUT2D eigenvalue weighted by molar-refractivity contribution is 7.92. The van der Waals surface area contributed by atoms with Crippen LogP contribution in [0.15, 0.2) is 35.7 Å². The van der Waals surface area contributed by atoms with Crippen LogP contribution in [0.1, 0.15) is 19.4 Å². The Hall–Kier alpha value is -2.19. The summed E-state index contributed by atoms with van der Waals surface area (Å²) in [5.74, 6) is -1.70. The number of nitrogens with two attached hydrogens (primary N) is 1. The first kappa shape index (κ1) is 17.9. The number of carbonyl (C=O) groups excluding carboxylic acids is 2. The van der Waals surface area contributed by atoms with Crippen LogP contribution in [0.3, 0.4) is 0 Å². The minimum Gasteiger partial charge on any atom is -0.451 e. The lowest BCUT2D eigenvalue weighted by molar-refractivity contribution is -0.155. The molecule has 2 atom stereocenters. The third-order valence-corrected chi connectivity index (χ3v) is 3.80. The SMILES string of the molecule is C[C@H](NS(=O)(=O)/C=C/c1ccccc1)C(=O)O[C@H](C)C(N)=O. The predicted octanol–water partition coefficient (Wildman–Crippen LogP) is 0.382. The number of hydrogen-bond donors (Lipinski definition) is 2. The second-order valence-electron chi connectivity index (χ2n) is 4.58. The average Bonchev–Trinajstić information content (AvgIpc) is 2.45. The highest BCUT2D eigenvalue weighted by Gasteiger charge is 2.23. The fourth-order valence-corrected chi connectivity index (χ4v) is 2.40. The van der Waals surface area contributed by atoms with Gasteiger partial charge in [-0.15, -0.1) is 0 Å². The van der Waals surface area contributed by atoms with Gasteiger partial charge in [-0.1, -0.05) is 30.3 Å². The lowest BCUT2D eigenvalue weighted by Gasteiger charge is -2.14. The zero-order chi connectivity index (χ0) is 16.8. The van der Waals surface area contributed by atoms with Gasteiger partial charge in [-0.25, -0.2) is 8.42 Å². The van der Waals surface area contributed by atoms with Crippen molar-refractivity contribution in [1.29, 1.82) is 0 Å². The summed E-state index contributed by atoms with van der Waals surface area (Å²) >= 11 is 0. The predicted molar refractivity (Wildman–Crippen MR) is 81.7 cm³/mol. The largest absolute Gasteiger partial charge is 0.451 e. The summed E-state index contributed by atoms with van der Waals surface area (Å²) in [4.78, 5) is 22.4. The maximum absolute atomic E-state index is 11.8. The summed E-state index contributed by atoms with van der Waals surface area (Å²) in [6, 6.07) is 7.67. The van der Waals surface area contributed by atoms with Gasteiger partial charge in [0.2, 0.25) is 10.0 Å². The molecule has 1 rings (SSSR count). The second-order valence-corrected chi connectivity index (χ2v) is 6.18. The monoisotopic (exact) mass is 326 g/mol. The summed E-state index contributed by atoms with van der Waals surface area (Å²) in [5.41, 5.74) is 5.66. The number of rotatable bonds is 7. The fourth-order valence-electron chi connectivity index (χ4n) is 1.40. The lowest BCUT2D eigenvalue weighted by Crippen LogP contribution is -2.41. The van der Waals surface area contributed by atoms with E-state index in [9.17, 15) is 18.0 Å². The molecule has 0 spiro atoms. The molecule has 1 amide bonds. The van der Waals surface area contributed by atoms with E-state index in [1.165, 1.54) is 19.9 Å². The fraction of sp³-hybridized carbons (Fsp3) is 0.286. The Balaban J connectivity index is 2.66. The van der Waals surface area contributed by atoms with Gasteiger partial charge in [0.1, 0.15) is 6.04 Å². The van der Waals surface area contributed by atoms with Gasteiger partial charge < -0.3 is 10.5 Å². The highest BCUT2D eigenvalue weighted by atomic mass is 32.2. The van der Waals surface area contributed by atoms with E-state index in [1.807, 2.05) is 6.07 Å². The minimum absolute atomic E-state index is 0.699. The van der Waals surface area contributed by atoms with E-state index >= 15 is 0 Å². The Labute approximate surface area is 129 Å². The molecule has 0 bridgehead atoms. The second kappa shape index (κ2) is 7.71. The Bertz CT molecular complexity index is 655. The van der Waals surface area contributed by atoms with E-state index in [1.54, 1.807) is 24.3 Å². The summed E-state index contributed by atoms with van der Waals surface area (Å²) < 4.78 is 30.5. The van der Waals surface area contributed by atoms with E-state index in [4.69, 9.17) is 10.5 Å². The number of sulfonamides is 1. The molecule has 22 heavy (non-hydrogen) atoms. The molecule has 0 heterocycles. The molecular formula is C14H18N2O5S. The molecule has 0 radical (unpaired) electrons. The molecule has 0 unspecified atom stereocenters. The number of amides is 1. The summed E-state index contributed by atoms with van der Waals surface area (Å²) in [6.07, 6.45) is 0.270. The first-order valence-corrected chi connectivity index (χ1v) is 8.01. The maximum Gasteiger partial charge on any atom is 0.324 e. The zero-order valence-corrected chi connectivity index (χ0v) is 13.0. The Morgan fingerprint density at radius 1 is 1.23 bits per heavy atom. The molecule has 120 valence electrons. The first-order chi connectivity index (χ1) is 10.2. The lowest BCUT2D eigenvalue weighted by atomic mass is 10.2. The van der Waals surface area contributed by atoms with Gasteiger partial charge >= 0.3 is 5.97 Å². The number of carbonyl (C=O) groups is 2. The molecule has 1 aromatic carbocycles. The van der Waals surface area contributed by atoms with Crippen LogP contribution < -0.4 is 10.5 Å². The van der Waals surface area contributed by atoms with Crippen LogP contribution in [-0.4, -0.2) is 32.4 Å². The van der Waals surface area contributed by atoms with E-state index in [-0.39, 0.29) is 0 Å². The van der Waals surface area contributed by atoms with E-state index in [2.05, 4.69) is 4.72 Å². The van der Waals surface area contributed by atoms with E-state index in [0.29, 0.717) is 5.56 Å². The molecule has 7 nitrogen and oxygen atoms in total. The van der Waals surface area contributed by atoms with Gasteiger partial charge in [-0.2, -0.15) is 4.72 Å². The van der Waals surface area contributed by atoms with Crippen LogP contribution in [0.4, 0.5) is 0 Å². The zero-order valence-electron chi connectivity index (χ0n) is 12.2. The molecule has 8 heteroatoms. The molecule has 0 fully saturated rings. The average molecular weight is 326 g/mol. The van der Waals surface area contributed by atoms with Gasteiger partial charge in [-0.3, -0.25) is 9.59 Å². The topological polar surface area (TPSA) is 116 Å². The van der Waals surface area contributed by atoms with Crippen LogP contribution >= 0.6 is 0 Å². The quantitative estimate of drug-likeness (QED) is 0.703. The van der Waals surface area contributed by atoms with E-state index in [0.717, 1.165) is 5.41 Å². The molecular weight excluding hydrogens is 308 g/mol. The van der Waals surface area contributed by atoms with Crippen molar-refractivity contribution in [2.45, 2.75) is 26.0 Å². The van der Waals surface area contributed by atoms with Crippen molar-refractivity contribution in [3.63, 3.8) is 0 Å². The van der Waals surface area contributed by atoms with Crippen LogP contribution in [-0.2, 0) is 24.3 Å². The van der Waals surface area contributed by atoms with Crippen molar-refractivity contribution in [2.75, 3.05) is 0 Å². The molecule has 0 saturated heterocycles. The van der Waals surface area contributed by atoms with Crippen molar-refractivity contribution >= 4 is 28.0 Å². The van der Waals surface area contributed by atoms with Crippen molar-refractivity contribution in [3.8, 4) is 0 Å². The van der Waals surface area contributed by atoms with Crippen molar-refractivity contribution < 1.29 is 22.7 Å². The third kappa shape index (κ3) is 6.06. The maximum atomic E-state index is 11.8. The minimum atomic E-state index is -3.83. The van der Waals surface area contributed by atoms with E-state index < -0.39 is 34.0 Å². The first-order valence-electron chi connectivity index (χ1n) is 6.46. The number of nitrogens with one attached hydrogen (secondary N) is 1. The molecule has 0 saturated carbocycles. The van der Waals surface area contributed by atoms with Gasteiger partial charge in [0.05, 0.1) is 0 Å². The molecule has 3 N–H and O–H groups in total. The van der Waals surface area contributed by atoms with Crippen LogP contribution in [0.25, 0.3) is 6.08 Å². The van der Waals surface area contributed by atoms with Crippen molar-refractivity contribution in [2.24, 2.45) is 5.73 Å². The van der Waals surface area contributed by atoms with Gasteiger partial charge in [0.15, 0.2) is 6.10 Å². The number of ether oxygens (including phenoxy) is 1. The number of hydrogen-bond acceptors (Lipinski definition) is 5. The summed E-state index contributed by atoms with van der Waals surface area (Å²) in [6.45, 7) is 2.61. The molecule has 0 aliphatic carbocycles. The third-order valence-electron chi connectivity index (χ3n) is 2.63. The normalized spacial score (nSPS) is 14.5. The molecule has 0 aliphatic heterocycles. The van der Waals surface area contributed by atoms with Crippen LogP contribution in [0.2, 0.25) is 0 Å². The Morgan fingerprint density at radius 2 is 1.82 bits per heavy atom. The van der Waals surface area contributed by atoms with Crippen LogP contribution in [0.5, 0.6) is 0 Å². The molecule has 0 aromatic heterocycles.